The summed E-state index contributed by atoms with van der Waals surface area (Å²) in [4.78, 5) is 7.46. The standard InChI is InChI=1S/C24H29BClN5/c1-16-5-4-6-18(13-16)30-11-9-17(10-12-30)28-23-14-22(19-7-2-3-8-21(19)26)29-24-20(25)15-27-31(23)24/h2-3,7-8,14-18,28H,4-6,9-13H2,1H3. The van der Waals surface area contributed by atoms with E-state index in [0.29, 0.717) is 22.2 Å². The van der Waals surface area contributed by atoms with Gasteiger partial charge >= 0.3 is 0 Å². The van der Waals surface area contributed by atoms with E-state index < -0.39 is 0 Å². The lowest BCUT2D eigenvalue weighted by molar-refractivity contribution is 0.109. The van der Waals surface area contributed by atoms with Crippen molar-refractivity contribution in [2.24, 2.45) is 5.92 Å². The summed E-state index contributed by atoms with van der Waals surface area (Å²) in [6.45, 7) is 4.71. The van der Waals surface area contributed by atoms with Gasteiger partial charge in [-0.2, -0.15) is 9.61 Å². The molecule has 3 heterocycles. The highest BCUT2D eigenvalue weighted by molar-refractivity contribution is 6.36. The van der Waals surface area contributed by atoms with Gasteiger partial charge in [0.25, 0.3) is 0 Å². The number of nitrogens with one attached hydrogen (secondary N) is 1. The van der Waals surface area contributed by atoms with Crippen molar-refractivity contribution in [3.8, 4) is 11.3 Å². The van der Waals surface area contributed by atoms with Gasteiger partial charge in [-0.3, -0.25) is 0 Å². The monoisotopic (exact) mass is 433 g/mol. The fourth-order valence-electron chi connectivity index (χ4n) is 5.24. The third kappa shape index (κ3) is 4.33. The van der Waals surface area contributed by atoms with Gasteiger partial charge in [-0.25, -0.2) is 4.98 Å². The number of nitrogens with zero attached hydrogens (tertiary/aromatic N) is 4. The second-order valence-corrected chi connectivity index (χ2v) is 9.63. The van der Waals surface area contributed by atoms with Gasteiger partial charge < -0.3 is 10.2 Å². The molecule has 1 N–H and O–H groups in total. The number of halogens is 1. The van der Waals surface area contributed by atoms with Crippen molar-refractivity contribution in [2.75, 3.05) is 18.4 Å². The summed E-state index contributed by atoms with van der Waals surface area (Å²) in [5.74, 6) is 1.79. The molecule has 1 aromatic carbocycles. The van der Waals surface area contributed by atoms with Gasteiger partial charge in [0.1, 0.15) is 13.7 Å². The van der Waals surface area contributed by atoms with Gasteiger partial charge in [-0.15, -0.1) is 0 Å². The Morgan fingerprint density at radius 1 is 1.13 bits per heavy atom. The van der Waals surface area contributed by atoms with E-state index in [-0.39, 0.29) is 0 Å². The molecule has 0 amide bonds. The highest BCUT2D eigenvalue weighted by Crippen LogP contribution is 2.31. The summed E-state index contributed by atoms with van der Waals surface area (Å²) in [5, 5.41) is 8.87. The third-order valence-electron chi connectivity index (χ3n) is 6.96. The van der Waals surface area contributed by atoms with Crippen LogP contribution in [0.15, 0.2) is 36.5 Å². The van der Waals surface area contributed by atoms with E-state index in [4.69, 9.17) is 24.4 Å². The van der Waals surface area contributed by atoms with Crippen molar-refractivity contribution in [3.05, 3.63) is 41.6 Å². The largest absolute Gasteiger partial charge is 0.367 e. The van der Waals surface area contributed by atoms with Gasteiger partial charge in [0.2, 0.25) is 0 Å². The molecule has 1 saturated heterocycles. The van der Waals surface area contributed by atoms with Crippen LogP contribution in [-0.2, 0) is 0 Å². The summed E-state index contributed by atoms with van der Waals surface area (Å²) < 4.78 is 1.81. The van der Waals surface area contributed by atoms with Crippen molar-refractivity contribution in [3.63, 3.8) is 0 Å². The molecule has 160 valence electrons. The number of benzene rings is 1. The molecule has 31 heavy (non-hydrogen) atoms. The maximum atomic E-state index is 6.45. The molecule has 1 aliphatic carbocycles. The minimum absolute atomic E-state index is 0.410. The molecule has 2 unspecified atom stereocenters. The Bertz CT molecular complexity index is 1060. The van der Waals surface area contributed by atoms with Crippen LogP contribution in [0.5, 0.6) is 0 Å². The lowest BCUT2D eigenvalue weighted by Crippen LogP contribution is -2.46. The minimum atomic E-state index is 0.410. The van der Waals surface area contributed by atoms with E-state index in [1.165, 1.54) is 25.7 Å². The predicted molar refractivity (Wildman–Crippen MR) is 128 cm³/mol. The Morgan fingerprint density at radius 3 is 2.71 bits per heavy atom. The number of aromatic nitrogens is 3. The van der Waals surface area contributed by atoms with Crippen LogP contribution in [0.4, 0.5) is 5.82 Å². The first-order valence-electron chi connectivity index (χ1n) is 11.5. The smallest absolute Gasteiger partial charge is 0.150 e. The molecule has 2 atom stereocenters. The van der Waals surface area contributed by atoms with Crippen molar-refractivity contribution < 1.29 is 0 Å². The van der Waals surface area contributed by atoms with Gasteiger partial charge in [0.15, 0.2) is 5.65 Å². The second-order valence-electron chi connectivity index (χ2n) is 9.22. The summed E-state index contributed by atoms with van der Waals surface area (Å²) in [7, 11) is 6.16. The third-order valence-corrected chi connectivity index (χ3v) is 7.29. The van der Waals surface area contributed by atoms with Crippen LogP contribution < -0.4 is 10.8 Å². The summed E-state index contributed by atoms with van der Waals surface area (Å²) in [5.41, 5.74) is 2.93. The highest BCUT2D eigenvalue weighted by Gasteiger charge is 2.28. The normalized spacial score (nSPS) is 23.3. The molecule has 2 aliphatic rings. The average molecular weight is 434 g/mol. The van der Waals surface area contributed by atoms with Crippen LogP contribution in [0.3, 0.4) is 0 Å². The van der Waals surface area contributed by atoms with Crippen LogP contribution in [0.25, 0.3) is 16.9 Å². The van der Waals surface area contributed by atoms with Crippen LogP contribution in [0.1, 0.15) is 45.4 Å². The fourth-order valence-corrected chi connectivity index (χ4v) is 5.47. The Balaban J connectivity index is 1.35. The van der Waals surface area contributed by atoms with Crippen molar-refractivity contribution in [1.82, 2.24) is 19.5 Å². The van der Waals surface area contributed by atoms with Crippen LogP contribution >= 0.6 is 11.6 Å². The van der Waals surface area contributed by atoms with E-state index in [9.17, 15) is 0 Å². The molecular formula is C24H29BClN5. The molecule has 2 aromatic heterocycles. The van der Waals surface area contributed by atoms with Crippen molar-refractivity contribution in [1.29, 1.82) is 0 Å². The molecule has 5 nitrogen and oxygen atoms in total. The number of hydrogen-bond acceptors (Lipinski definition) is 4. The molecule has 7 heteroatoms. The molecule has 0 bridgehead atoms. The maximum Gasteiger partial charge on any atom is 0.150 e. The first-order chi connectivity index (χ1) is 15.1. The molecule has 3 aromatic rings. The minimum Gasteiger partial charge on any atom is -0.367 e. The Labute approximate surface area is 190 Å². The highest BCUT2D eigenvalue weighted by atomic mass is 35.5. The number of hydrogen-bond donors (Lipinski definition) is 1. The van der Waals surface area contributed by atoms with Crippen LogP contribution in [0.2, 0.25) is 5.02 Å². The van der Waals surface area contributed by atoms with E-state index in [0.717, 1.165) is 55.0 Å². The molecule has 2 fully saturated rings. The number of likely N-dealkylation sites (tertiary alicyclic amines) is 1. The van der Waals surface area contributed by atoms with E-state index in [1.807, 2.05) is 34.8 Å². The average Bonchev–Trinajstić information content (AvgIpc) is 3.16. The number of fused-ring (bicyclic) bond motifs is 1. The Kier molecular flexibility index (Phi) is 5.94. The molecule has 1 saturated carbocycles. The first kappa shape index (κ1) is 20.8. The van der Waals surface area contributed by atoms with Crippen molar-refractivity contribution >= 4 is 36.4 Å². The molecule has 2 radical (unpaired) electrons. The van der Waals surface area contributed by atoms with E-state index in [1.54, 1.807) is 6.20 Å². The SMILES string of the molecule is [B]c1cnn2c(NC3CCN(C4CCCC(C)C4)CC3)cc(-c3ccccc3Cl)nc12. The zero-order chi connectivity index (χ0) is 21.4. The Hall–Kier alpha value is -2.05. The van der Waals surface area contributed by atoms with Gasteiger partial charge in [-0.1, -0.05) is 49.6 Å². The summed E-state index contributed by atoms with van der Waals surface area (Å²) in [6.07, 6.45) is 9.42. The zero-order valence-electron chi connectivity index (χ0n) is 18.1. The first-order valence-corrected chi connectivity index (χ1v) is 11.9. The van der Waals surface area contributed by atoms with Crippen LogP contribution in [0, 0.1) is 5.92 Å². The summed E-state index contributed by atoms with van der Waals surface area (Å²) >= 11 is 6.45. The van der Waals surface area contributed by atoms with Gasteiger partial charge in [-0.05, 0) is 43.1 Å². The van der Waals surface area contributed by atoms with E-state index in [2.05, 4.69) is 22.2 Å². The topological polar surface area (TPSA) is 45.5 Å². The predicted octanol–water partition coefficient (Wildman–Crippen LogP) is 4.30. The molecule has 0 spiro atoms. The number of piperidine rings is 1. The quantitative estimate of drug-likeness (QED) is 0.623. The maximum absolute atomic E-state index is 6.45. The second kappa shape index (κ2) is 8.83. The van der Waals surface area contributed by atoms with Gasteiger partial charge in [0, 0.05) is 48.0 Å². The fraction of sp³-hybridized carbons (Fsp3) is 0.500. The Morgan fingerprint density at radius 2 is 1.94 bits per heavy atom. The van der Waals surface area contributed by atoms with Gasteiger partial charge in [0.05, 0.1) is 5.69 Å². The molecular weight excluding hydrogens is 405 g/mol. The van der Waals surface area contributed by atoms with E-state index >= 15 is 0 Å². The lowest BCUT2D eigenvalue weighted by Gasteiger charge is -2.41. The molecule has 5 rings (SSSR count). The lowest BCUT2D eigenvalue weighted by atomic mass is 9.85. The van der Waals surface area contributed by atoms with Crippen LogP contribution in [-0.4, -0.2) is 52.5 Å². The summed E-state index contributed by atoms with van der Waals surface area (Å²) in [6, 6.07) is 11.0. The number of rotatable bonds is 4. The molecule has 1 aliphatic heterocycles. The number of anilines is 1. The zero-order valence-corrected chi connectivity index (χ0v) is 18.9. The van der Waals surface area contributed by atoms with Crippen molar-refractivity contribution in [2.45, 2.75) is 57.5 Å².